The molecule has 0 bridgehead atoms. The van der Waals surface area contributed by atoms with Crippen LogP contribution < -0.4 is 5.32 Å². The van der Waals surface area contributed by atoms with Crippen LogP contribution in [0.2, 0.25) is 0 Å². The van der Waals surface area contributed by atoms with Gasteiger partial charge in [0.05, 0.1) is 0 Å². The van der Waals surface area contributed by atoms with Crippen molar-refractivity contribution in [3.8, 4) is 0 Å². The van der Waals surface area contributed by atoms with Gasteiger partial charge < -0.3 is 9.88 Å². The minimum atomic E-state index is 0.00171. The second-order valence-corrected chi connectivity index (χ2v) is 6.92. The van der Waals surface area contributed by atoms with Gasteiger partial charge in [0.25, 0.3) is 5.91 Å². The van der Waals surface area contributed by atoms with Gasteiger partial charge in [-0.25, -0.2) is 0 Å². The fourth-order valence-corrected chi connectivity index (χ4v) is 3.04. The Morgan fingerprint density at radius 2 is 1.88 bits per heavy atom. The van der Waals surface area contributed by atoms with Crippen molar-refractivity contribution >= 4 is 21.8 Å². The highest BCUT2D eigenvalue weighted by atomic mass is 79.9. The van der Waals surface area contributed by atoms with E-state index in [1.807, 2.05) is 23.9 Å². The summed E-state index contributed by atoms with van der Waals surface area (Å²) in [5, 5.41) is 3.12. The number of nitrogens with one attached hydrogen (secondary N) is 1. The third kappa shape index (κ3) is 1.82. The average molecular weight is 299 g/mol. The molecule has 0 atom stereocenters. The van der Waals surface area contributed by atoms with Gasteiger partial charge in [0, 0.05) is 23.8 Å². The lowest BCUT2D eigenvalue weighted by molar-refractivity contribution is 0.0935. The van der Waals surface area contributed by atoms with Crippen LogP contribution in [0.25, 0.3) is 0 Å². The molecule has 1 aliphatic rings. The van der Waals surface area contributed by atoms with Crippen molar-refractivity contribution in [2.45, 2.75) is 33.7 Å². The molecule has 1 aromatic heterocycles. The monoisotopic (exact) mass is 298 g/mol. The van der Waals surface area contributed by atoms with Gasteiger partial charge in [-0.05, 0) is 32.8 Å². The molecule has 0 spiro atoms. The molecule has 0 radical (unpaired) electrons. The smallest absolute Gasteiger partial charge is 0.268 e. The van der Waals surface area contributed by atoms with Crippen molar-refractivity contribution in [2.24, 2.45) is 17.9 Å². The molecular weight excluding hydrogens is 280 g/mol. The first-order valence-electron chi connectivity index (χ1n) is 5.80. The first-order valence-corrected chi connectivity index (χ1v) is 6.60. The molecule has 0 aliphatic heterocycles. The fraction of sp³-hybridized carbons (Fsp3) is 0.615. The summed E-state index contributed by atoms with van der Waals surface area (Å²) < 4.78 is 2.77. The molecule has 1 aromatic rings. The van der Waals surface area contributed by atoms with Crippen LogP contribution in [0, 0.1) is 10.8 Å². The molecule has 1 heterocycles. The normalized spacial score (nSPS) is 21.3. The highest BCUT2D eigenvalue weighted by Crippen LogP contribution is 2.62. The molecule has 0 unspecified atom stereocenters. The minimum Gasteiger partial charge on any atom is -0.347 e. The molecule has 1 aliphatic carbocycles. The molecule has 2 rings (SSSR count). The summed E-state index contributed by atoms with van der Waals surface area (Å²) in [6.07, 6.45) is 1.89. The number of carbonyl (C=O) groups excluding carboxylic acids is 1. The second-order valence-electron chi connectivity index (χ2n) is 6.00. The van der Waals surface area contributed by atoms with Gasteiger partial charge in [-0.15, -0.1) is 0 Å². The van der Waals surface area contributed by atoms with E-state index in [1.165, 1.54) is 0 Å². The highest BCUT2D eigenvalue weighted by Gasteiger charge is 2.65. The number of aryl methyl sites for hydroxylation is 1. The number of rotatable bonds is 2. The maximum absolute atomic E-state index is 12.2. The molecule has 1 fully saturated rings. The van der Waals surface area contributed by atoms with Gasteiger partial charge in [0.15, 0.2) is 0 Å². The summed E-state index contributed by atoms with van der Waals surface area (Å²) in [5.74, 6) is 0.00171. The van der Waals surface area contributed by atoms with Gasteiger partial charge in [-0.3, -0.25) is 4.79 Å². The van der Waals surface area contributed by atoms with E-state index in [9.17, 15) is 4.79 Å². The van der Waals surface area contributed by atoms with Crippen molar-refractivity contribution in [1.82, 2.24) is 9.88 Å². The first-order chi connectivity index (χ1) is 7.68. The Hall–Kier alpha value is -0.770. The van der Waals surface area contributed by atoms with E-state index < -0.39 is 0 Å². The highest BCUT2D eigenvalue weighted by molar-refractivity contribution is 9.10. The number of carbonyl (C=O) groups is 1. The predicted molar refractivity (Wildman–Crippen MR) is 71.9 cm³/mol. The summed E-state index contributed by atoms with van der Waals surface area (Å²) >= 11 is 3.38. The first kappa shape index (κ1) is 12.7. The Bertz CT molecular complexity index is 460. The molecule has 0 saturated heterocycles. The Labute approximate surface area is 111 Å². The molecule has 1 amide bonds. The zero-order valence-corrected chi connectivity index (χ0v) is 12.6. The Morgan fingerprint density at radius 3 is 2.24 bits per heavy atom. The third-order valence-corrected chi connectivity index (χ3v) is 4.93. The van der Waals surface area contributed by atoms with Crippen LogP contribution in [0.5, 0.6) is 0 Å². The van der Waals surface area contributed by atoms with Crippen LogP contribution in [0.4, 0.5) is 0 Å². The summed E-state index contributed by atoms with van der Waals surface area (Å²) in [7, 11) is 1.88. The number of amides is 1. The van der Waals surface area contributed by atoms with E-state index in [4.69, 9.17) is 0 Å². The van der Waals surface area contributed by atoms with Gasteiger partial charge in [0.2, 0.25) is 0 Å². The van der Waals surface area contributed by atoms with Gasteiger partial charge in [-0.2, -0.15) is 0 Å². The van der Waals surface area contributed by atoms with E-state index in [-0.39, 0.29) is 22.8 Å². The van der Waals surface area contributed by atoms with Crippen LogP contribution in [0.1, 0.15) is 38.2 Å². The summed E-state index contributed by atoms with van der Waals surface area (Å²) in [6.45, 7) is 8.77. The molecule has 17 heavy (non-hydrogen) atoms. The molecule has 4 heteroatoms. The van der Waals surface area contributed by atoms with Gasteiger partial charge >= 0.3 is 0 Å². The molecule has 1 N–H and O–H groups in total. The van der Waals surface area contributed by atoms with Crippen molar-refractivity contribution in [3.05, 3.63) is 22.4 Å². The number of hydrogen-bond donors (Lipinski definition) is 1. The topological polar surface area (TPSA) is 34.0 Å². The summed E-state index contributed by atoms with van der Waals surface area (Å²) in [6, 6.07) is 2.09. The Balaban J connectivity index is 2.12. The SMILES string of the molecule is Cn1cc(Br)cc1C(=O)NC1C(C)(C)C1(C)C. The van der Waals surface area contributed by atoms with Gasteiger partial charge in [-0.1, -0.05) is 27.7 Å². The van der Waals surface area contributed by atoms with Gasteiger partial charge in [0.1, 0.15) is 5.69 Å². The molecule has 0 aromatic carbocycles. The molecule has 1 saturated carbocycles. The number of nitrogens with zero attached hydrogens (tertiary/aromatic N) is 1. The zero-order chi connectivity index (χ0) is 13.0. The lowest BCUT2D eigenvalue weighted by Gasteiger charge is -2.07. The zero-order valence-electron chi connectivity index (χ0n) is 11.0. The summed E-state index contributed by atoms with van der Waals surface area (Å²) in [5.41, 5.74) is 1.03. The standard InChI is InChI=1S/C13H19BrN2O/c1-12(2)11(13(12,3)4)15-10(17)9-6-8(14)7-16(9)5/h6-7,11H,1-5H3,(H,15,17). The van der Waals surface area contributed by atoms with Crippen LogP contribution in [-0.2, 0) is 7.05 Å². The maximum Gasteiger partial charge on any atom is 0.268 e. The third-order valence-electron chi connectivity index (χ3n) is 4.50. The van der Waals surface area contributed by atoms with Crippen molar-refractivity contribution in [2.75, 3.05) is 0 Å². The van der Waals surface area contributed by atoms with Crippen LogP contribution in [-0.4, -0.2) is 16.5 Å². The lowest BCUT2D eigenvalue weighted by atomic mass is 10.0. The largest absolute Gasteiger partial charge is 0.347 e. The molecule has 94 valence electrons. The minimum absolute atomic E-state index is 0.00171. The van der Waals surface area contributed by atoms with Crippen LogP contribution >= 0.6 is 15.9 Å². The molecule has 3 nitrogen and oxygen atoms in total. The quantitative estimate of drug-likeness (QED) is 0.895. The fourth-order valence-electron chi connectivity index (χ4n) is 2.51. The van der Waals surface area contributed by atoms with E-state index >= 15 is 0 Å². The van der Waals surface area contributed by atoms with E-state index in [2.05, 4.69) is 48.9 Å². The van der Waals surface area contributed by atoms with Crippen molar-refractivity contribution in [3.63, 3.8) is 0 Å². The lowest BCUT2D eigenvalue weighted by Crippen LogP contribution is -2.31. The second kappa shape index (κ2) is 3.61. The van der Waals surface area contributed by atoms with E-state index in [1.54, 1.807) is 0 Å². The average Bonchev–Trinajstić information content (AvgIpc) is 2.50. The Morgan fingerprint density at radius 1 is 1.35 bits per heavy atom. The Kier molecular flexibility index (Phi) is 2.69. The summed E-state index contributed by atoms with van der Waals surface area (Å²) in [4.78, 5) is 12.2. The maximum atomic E-state index is 12.2. The van der Waals surface area contributed by atoms with Crippen molar-refractivity contribution < 1.29 is 4.79 Å². The van der Waals surface area contributed by atoms with Crippen LogP contribution in [0.3, 0.4) is 0 Å². The molecular formula is C13H19BrN2O. The van der Waals surface area contributed by atoms with Crippen LogP contribution in [0.15, 0.2) is 16.7 Å². The van der Waals surface area contributed by atoms with E-state index in [0.29, 0.717) is 5.69 Å². The number of aromatic nitrogens is 1. The number of hydrogen-bond acceptors (Lipinski definition) is 1. The van der Waals surface area contributed by atoms with E-state index in [0.717, 1.165) is 4.47 Å². The predicted octanol–water partition coefficient (Wildman–Crippen LogP) is 2.95. The van der Waals surface area contributed by atoms with Crippen molar-refractivity contribution in [1.29, 1.82) is 0 Å². The number of halogens is 1.